The van der Waals surface area contributed by atoms with Gasteiger partial charge in [-0.25, -0.2) is 9.59 Å². The first-order chi connectivity index (χ1) is 5.66. The highest BCUT2D eigenvalue weighted by Gasteiger charge is 2.37. The van der Waals surface area contributed by atoms with E-state index < -0.39 is 18.1 Å². The summed E-state index contributed by atoms with van der Waals surface area (Å²) in [4.78, 5) is 22.7. The number of carbonyl (C=O) groups is 2. The number of aliphatic carboxylic acids is 1. The van der Waals surface area contributed by atoms with Crippen LogP contribution in [0.4, 0.5) is 4.79 Å². The van der Waals surface area contributed by atoms with E-state index in [2.05, 4.69) is 4.74 Å². The molecule has 1 saturated heterocycles. The molecule has 1 rings (SSSR count). The average molecular weight is 173 g/mol. The van der Waals surface area contributed by atoms with Gasteiger partial charge in [-0.2, -0.15) is 0 Å². The summed E-state index contributed by atoms with van der Waals surface area (Å²) in [5.41, 5.74) is 0. The minimum atomic E-state index is -1.01. The van der Waals surface area contributed by atoms with E-state index in [-0.39, 0.29) is 6.61 Å². The molecule has 1 fully saturated rings. The third-order valence-corrected chi connectivity index (χ3v) is 1.72. The largest absolute Gasteiger partial charge is 0.480 e. The van der Waals surface area contributed by atoms with Gasteiger partial charge in [0.25, 0.3) is 0 Å². The molecule has 0 radical (unpaired) electrons. The fraction of sp³-hybridized carbons (Fsp3) is 0.714. The number of carboxylic acid groups (broad SMARTS) is 1. The molecule has 0 aromatic rings. The van der Waals surface area contributed by atoms with Gasteiger partial charge in [0.05, 0.1) is 0 Å². The standard InChI is InChI=1S/C7H11NO4/c1-2-3-8-5(6(9)10)4-12-7(8)11/h5H,2-4H2,1H3,(H,9,10)/t5-/m1/s1. The summed E-state index contributed by atoms with van der Waals surface area (Å²) in [5, 5.41) is 8.65. The number of ether oxygens (including phenoxy) is 1. The molecule has 0 spiro atoms. The van der Waals surface area contributed by atoms with Gasteiger partial charge in [-0.15, -0.1) is 0 Å². The van der Waals surface area contributed by atoms with Crippen molar-refractivity contribution < 1.29 is 19.4 Å². The van der Waals surface area contributed by atoms with Gasteiger partial charge in [0, 0.05) is 6.54 Å². The zero-order chi connectivity index (χ0) is 9.14. The molecule has 0 saturated carbocycles. The van der Waals surface area contributed by atoms with Crippen molar-refractivity contribution in [3.05, 3.63) is 0 Å². The van der Waals surface area contributed by atoms with Crippen molar-refractivity contribution in [3.8, 4) is 0 Å². The second kappa shape index (κ2) is 3.42. The van der Waals surface area contributed by atoms with E-state index in [1.54, 1.807) is 0 Å². The van der Waals surface area contributed by atoms with E-state index in [0.29, 0.717) is 6.54 Å². The Morgan fingerprint density at radius 2 is 2.50 bits per heavy atom. The van der Waals surface area contributed by atoms with Crippen LogP contribution in [0, 0.1) is 0 Å². The number of nitrogens with zero attached hydrogens (tertiary/aromatic N) is 1. The Labute approximate surface area is 69.9 Å². The van der Waals surface area contributed by atoms with E-state index >= 15 is 0 Å². The lowest BCUT2D eigenvalue weighted by molar-refractivity contribution is -0.141. The van der Waals surface area contributed by atoms with E-state index in [9.17, 15) is 9.59 Å². The highest BCUT2D eigenvalue weighted by Crippen LogP contribution is 2.12. The highest BCUT2D eigenvalue weighted by molar-refractivity contribution is 5.82. The number of cyclic esters (lactones) is 1. The molecule has 0 aliphatic carbocycles. The van der Waals surface area contributed by atoms with Crippen molar-refractivity contribution in [1.29, 1.82) is 0 Å². The van der Waals surface area contributed by atoms with Crippen LogP contribution >= 0.6 is 0 Å². The molecule has 5 heteroatoms. The predicted octanol–water partition coefficient (Wildman–Crippen LogP) is 0.302. The van der Waals surface area contributed by atoms with E-state index in [1.165, 1.54) is 4.90 Å². The molecule has 12 heavy (non-hydrogen) atoms. The molecule has 1 atom stereocenters. The maximum absolute atomic E-state index is 10.9. The van der Waals surface area contributed by atoms with Gasteiger partial charge >= 0.3 is 12.1 Å². The number of rotatable bonds is 3. The van der Waals surface area contributed by atoms with Gasteiger partial charge in [0.15, 0.2) is 6.04 Å². The van der Waals surface area contributed by atoms with Crippen molar-refractivity contribution in [1.82, 2.24) is 4.90 Å². The summed E-state index contributed by atoms with van der Waals surface area (Å²) >= 11 is 0. The molecule has 68 valence electrons. The molecule has 1 aliphatic rings. The number of hydrogen-bond donors (Lipinski definition) is 1. The maximum atomic E-state index is 10.9. The fourth-order valence-corrected chi connectivity index (χ4v) is 1.14. The van der Waals surface area contributed by atoms with Crippen LogP contribution in [0.2, 0.25) is 0 Å². The molecule has 1 amide bonds. The third kappa shape index (κ3) is 1.49. The molecule has 0 aromatic carbocycles. The Kier molecular flexibility index (Phi) is 2.52. The zero-order valence-electron chi connectivity index (χ0n) is 6.82. The molecule has 0 unspecified atom stereocenters. The lowest BCUT2D eigenvalue weighted by Gasteiger charge is -2.16. The quantitative estimate of drug-likeness (QED) is 0.666. The zero-order valence-corrected chi connectivity index (χ0v) is 6.82. The second-order valence-electron chi connectivity index (χ2n) is 2.62. The van der Waals surface area contributed by atoms with Gasteiger partial charge in [-0.1, -0.05) is 6.92 Å². The first-order valence-corrected chi connectivity index (χ1v) is 3.83. The molecule has 1 N–H and O–H groups in total. The van der Waals surface area contributed by atoms with Gasteiger partial charge < -0.3 is 9.84 Å². The first kappa shape index (κ1) is 8.83. The van der Waals surface area contributed by atoms with Gasteiger partial charge in [0.2, 0.25) is 0 Å². The summed E-state index contributed by atoms with van der Waals surface area (Å²) < 4.78 is 4.60. The smallest absolute Gasteiger partial charge is 0.410 e. The van der Waals surface area contributed by atoms with Crippen molar-refractivity contribution in [3.63, 3.8) is 0 Å². The van der Waals surface area contributed by atoms with Crippen molar-refractivity contribution in [2.75, 3.05) is 13.2 Å². The molecule has 0 bridgehead atoms. The Morgan fingerprint density at radius 3 is 3.00 bits per heavy atom. The molecule has 0 aromatic heterocycles. The molecular formula is C7H11NO4. The van der Waals surface area contributed by atoms with E-state index in [1.807, 2.05) is 6.92 Å². The fourth-order valence-electron chi connectivity index (χ4n) is 1.14. The number of amides is 1. The molecule has 1 heterocycles. The van der Waals surface area contributed by atoms with Gasteiger partial charge in [0.1, 0.15) is 6.61 Å². The third-order valence-electron chi connectivity index (χ3n) is 1.72. The van der Waals surface area contributed by atoms with Crippen molar-refractivity contribution in [2.24, 2.45) is 0 Å². The Hall–Kier alpha value is -1.26. The monoisotopic (exact) mass is 173 g/mol. The van der Waals surface area contributed by atoms with Crippen LogP contribution in [0.3, 0.4) is 0 Å². The summed E-state index contributed by atoms with van der Waals surface area (Å²) in [6.45, 7) is 2.29. The predicted molar refractivity (Wildman–Crippen MR) is 39.8 cm³/mol. The first-order valence-electron chi connectivity index (χ1n) is 3.83. The number of hydrogen-bond acceptors (Lipinski definition) is 3. The van der Waals surface area contributed by atoms with Crippen LogP contribution in [0.1, 0.15) is 13.3 Å². The van der Waals surface area contributed by atoms with Crippen LogP contribution in [-0.4, -0.2) is 41.3 Å². The Bertz CT molecular complexity index is 204. The van der Waals surface area contributed by atoms with Crippen LogP contribution in [0.15, 0.2) is 0 Å². The lowest BCUT2D eigenvalue weighted by Crippen LogP contribution is -2.39. The van der Waals surface area contributed by atoms with Gasteiger partial charge in [-0.05, 0) is 6.42 Å². The Morgan fingerprint density at radius 1 is 1.83 bits per heavy atom. The van der Waals surface area contributed by atoms with Crippen molar-refractivity contribution in [2.45, 2.75) is 19.4 Å². The van der Waals surface area contributed by atoms with E-state index in [0.717, 1.165) is 6.42 Å². The van der Waals surface area contributed by atoms with Crippen LogP contribution < -0.4 is 0 Å². The van der Waals surface area contributed by atoms with Crippen LogP contribution in [0.5, 0.6) is 0 Å². The normalized spacial score (nSPS) is 22.6. The number of carbonyl (C=O) groups excluding carboxylic acids is 1. The van der Waals surface area contributed by atoms with Crippen LogP contribution in [0.25, 0.3) is 0 Å². The van der Waals surface area contributed by atoms with E-state index in [4.69, 9.17) is 5.11 Å². The molecular weight excluding hydrogens is 162 g/mol. The van der Waals surface area contributed by atoms with Crippen molar-refractivity contribution >= 4 is 12.1 Å². The maximum Gasteiger partial charge on any atom is 0.410 e. The average Bonchev–Trinajstić information content (AvgIpc) is 2.34. The lowest BCUT2D eigenvalue weighted by atomic mass is 10.3. The minimum Gasteiger partial charge on any atom is -0.480 e. The molecule has 1 aliphatic heterocycles. The highest BCUT2D eigenvalue weighted by atomic mass is 16.6. The second-order valence-corrected chi connectivity index (χ2v) is 2.62. The SMILES string of the molecule is CCCN1C(=O)OC[C@@H]1C(=O)O. The molecule has 5 nitrogen and oxygen atoms in total. The Balaban J connectivity index is 2.63. The van der Waals surface area contributed by atoms with Crippen LogP contribution in [-0.2, 0) is 9.53 Å². The van der Waals surface area contributed by atoms with Gasteiger partial charge in [-0.3, -0.25) is 4.90 Å². The topological polar surface area (TPSA) is 66.8 Å². The number of carboxylic acids is 1. The minimum absolute atomic E-state index is 0.0336. The summed E-state index contributed by atoms with van der Waals surface area (Å²) in [6.07, 6.45) is 0.211. The summed E-state index contributed by atoms with van der Waals surface area (Å²) in [5.74, 6) is -1.01. The summed E-state index contributed by atoms with van der Waals surface area (Å²) in [7, 11) is 0. The summed E-state index contributed by atoms with van der Waals surface area (Å²) in [6, 6.07) is -0.794.